The van der Waals surface area contributed by atoms with Crippen molar-refractivity contribution in [3.8, 4) is 0 Å². The van der Waals surface area contributed by atoms with Crippen molar-refractivity contribution in [2.45, 2.75) is 19.5 Å². The lowest BCUT2D eigenvalue weighted by Crippen LogP contribution is -2.55. The molecule has 2 heterocycles. The van der Waals surface area contributed by atoms with Gasteiger partial charge in [-0.05, 0) is 43.3 Å². The van der Waals surface area contributed by atoms with Crippen molar-refractivity contribution in [3.63, 3.8) is 0 Å². The van der Waals surface area contributed by atoms with E-state index >= 15 is 0 Å². The number of carbonyl (C=O) groups is 2. The van der Waals surface area contributed by atoms with Gasteiger partial charge in [0.25, 0.3) is 0 Å². The summed E-state index contributed by atoms with van der Waals surface area (Å²) in [4.78, 5) is 32.5. The van der Waals surface area contributed by atoms with E-state index in [4.69, 9.17) is 0 Å². The van der Waals surface area contributed by atoms with Gasteiger partial charge in [-0.25, -0.2) is 9.18 Å². The minimum absolute atomic E-state index is 0.260. The summed E-state index contributed by atoms with van der Waals surface area (Å²) >= 11 is 0. The number of urea groups is 1. The highest BCUT2D eigenvalue weighted by atomic mass is 19.1. The molecule has 28 heavy (non-hydrogen) atoms. The molecule has 2 aromatic rings. The van der Waals surface area contributed by atoms with E-state index in [1.165, 1.54) is 12.1 Å². The predicted octanol–water partition coefficient (Wildman–Crippen LogP) is 1.76. The van der Waals surface area contributed by atoms with Crippen molar-refractivity contribution >= 4 is 17.6 Å². The van der Waals surface area contributed by atoms with Crippen LogP contribution < -0.4 is 15.5 Å². The van der Waals surface area contributed by atoms with E-state index in [2.05, 4.69) is 20.5 Å². The molecule has 0 unspecified atom stereocenters. The molecule has 0 spiro atoms. The highest BCUT2D eigenvalue weighted by Gasteiger charge is 2.24. The summed E-state index contributed by atoms with van der Waals surface area (Å²) in [7, 11) is 0. The monoisotopic (exact) mass is 385 g/mol. The Morgan fingerprint density at radius 1 is 1.11 bits per heavy atom. The van der Waals surface area contributed by atoms with Crippen LogP contribution in [0, 0.1) is 5.82 Å². The van der Waals surface area contributed by atoms with Crippen molar-refractivity contribution in [3.05, 3.63) is 60.2 Å². The van der Waals surface area contributed by atoms with Gasteiger partial charge in [-0.3, -0.25) is 9.78 Å². The standard InChI is InChI=1S/C20H24FN5O2/c1-15(19(27)23-14-17-4-2-3-9-22-17)24-20(28)26-12-10-25(11-13-26)18-7-5-16(21)6-8-18/h2-9,15H,10-14H2,1H3,(H,23,27)(H,24,28)/t15-/m1/s1. The van der Waals surface area contributed by atoms with Crippen LogP contribution in [0.3, 0.4) is 0 Å². The third-order valence-electron chi connectivity index (χ3n) is 4.66. The van der Waals surface area contributed by atoms with Crippen LogP contribution in [0.2, 0.25) is 0 Å². The quantitative estimate of drug-likeness (QED) is 0.822. The largest absolute Gasteiger partial charge is 0.368 e. The van der Waals surface area contributed by atoms with E-state index < -0.39 is 6.04 Å². The average molecular weight is 385 g/mol. The number of hydrogen-bond acceptors (Lipinski definition) is 4. The van der Waals surface area contributed by atoms with Gasteiger partial charge in [0.15, 0.2) is 0 Å². The van der Waals surface area contributed by atoms with E-state index in [0.29, 0.717) is 32.7 Å². The molecule has 1 aliphatic heterocycles. The van der Waals surface area contributed by atoms with Gasteiger partial charge in [0, 0.05) is 38.1 Å². The molecule has 1 aromatic heterocycles. The Balaban J connectivity index is 1.43. The van der Waals surface area contributed by atoms with E-state index in [1.807, 2.05) is 18.2 Å². The molecule has 1 saturated heterocycles. The van der Waals surface area contributed by atoms with Gasteiger partial charge in [0.1, 0.15) is 11.9 Å². The minimum Gasteiger partial charge on any atom is -0.368 e. The smallest absolute Gasteiger partial charge is 0.318 e. The minimum atomic E-state index is -0.647. The summed E-state index contributed by atoms with van der Waals surface area (Å²) in [5.74, 6) is -0.527. The summed E-state index contributed by atoms with van der Waals surface area (Å²) < 4.78 is 13.0. The fourth-order valence-electron chi connectivity index (χ4n) is 3.00. The van der Waals surface area contributed by atoms with Crippen LogP contribution in [0.15, 0.2) is 48.7 Å². The lowest BCUT2D eigenvalue weighted by Gasteiger charge is -2.36. The zero-order valence-electron chi connectivity index (χ0n) is 15.8. The fourth-order valence-corrected chi connectivity index (χ4v) is 3.00. The highest BCUT2D eigenvalue weighted by Crippen LogP contribution is 2.16. The summed E-state index contributed by atoms with van der Waals surface area (Å²) in [6.45, 7) is 4.34. The van der Waals surface area contributed by atoms with Gasteiger partial charge in [-0.15, -0.1) is 0 Å². The summed E-state index contributed by atoms with van der Waals surface area (Å²) in [5, 5.41) is 5.50. The number of rotatable bonds is 5. The number of benzene rings is 1. The van der Waals surface area contributed by atoms with Gasteiger partial charge in [0.05, 0.1) is 12.2 Å². The second-order valence-electron chi connectivity index (χ2n) is 6.66. The predicted molar refractivity (Wildman–Crippen MR) is 104 cm³/mol. The van der Waals surface area contributed by atoms with Crippen LogP contribution in [0.25, 0.3) is 0 Å². The third-order valence-corrected chi connectivity index (χ3v) is 4.66. The number of amides is 3. The Hall–Kier alpha value is -3.16. The van der Waals surface area contributed by atoms with Crippen molar-refractivity contribution in [2.75, 3.05) is 31.1 Å². The molecule has 0 radical (unpaired) electrons. The summed E-state index contributed by atoms with van der Waals surface area (Å²) in [5.41, 5.74) is 1.69. The third kappa shape index (κ3) is 5.18. The first-order valence-electron chi connectivity index (χ1n) is 9.26. The average Bonchev–Trinajstić information content (AvgIpc) is 2.73. The number of piperazine rings is 1. The molecular formula is C20H24FN5O2. The first-order valence-corrected chi connectivity index (χ1v) is 9.26. The molecule has 8 heteroatoms. The molecule has 3 amide bonds. The maximum absolute atomic E-state index is 13.0. The van der Waals surface area contributed by atoms with Crippen molar-refractivity contribution in [1.82, 2.24) is 20.5 Å². The zero-order valence-corrected chi connectivity index (χ0v) is 15.8. The second-order valence-corrected chi connectivity index (χ2v) is 6.66. The molecule has 0 aliphatic carbocycles. The number of hydrogen-bond donors (Lipinski definition) is 2. The van der Waals surface area contributed by atoms with Crippen molar-refractivity contribution < 1.29 is 14.0 Å². The van der Waals surface area contributed by atoms with Crippen LogP contribution in [-0.2, 0) is 11.3 Å². The van der Waals surface area contributed by atoms with Crippen LogP contribution >= 0.6 is 0 Å². The van der Waals surface area contributed by atoms with E-state index in [0.717, 1.165) is 11.4 Å². The summed E-state index contributed by atoms with van der Waals surface area (Å²) in [6, 6.07) is 10.9. The molecule has 1 aliphatic rings. The van der Waals surface area contributed by atoms with Crippen LogP contribution in [0.5, 0.6) is 0 Å². The molecule has 3 rings (SSSR count). The lowest BCUT2D eigenvalue weighted by atomic mass is 10.2. The Bertz CT molecular complexity index is 792. The number of carbonyl (C=O) groups excluding carboxylic acids is 2. The molecule has 0 bridgehead atoms. The van der Waals surface area contributed by atoms with Gasteiger partial charge in [0.2, 0.25) is 5.91 Å². The number of nitrogens with zero attached hydrogens (tertiary/aromatic N) is 3. The van der Waals surface area contributed by atoms with Crippen molar-refractivity contribution in [1.29, 1.82) is 0 Å². The highest BCUT2D eigenvalue weighted by molar-refractivity contribution is 5.86. The van der Waals surface area contributed by atoms with Gasteiger partial charge < -0.3 is 20.4 Å². The van der Waals surface area contributed by atoms with E-state index in [-0.39, 0.29) is 17.8 Å². The van der Waals surface area contributed by atoms with Gasteiger partial charge in [-0.1, -0.05) is 6.07 Å². The summed E-state index contributed by atoms with van der Waals surface area (Å²) in [6.07, 6.45) is 1.66. The Morgan fingerprint density at radius 3 is 2.46 bits per heavy atom. The molecule has 7 nitrogen and oxygen atoms in total. The Morgan fingerprint density at radius 2 is 1.82 bits per heavy atom. The molecular weight excluding hydrogens is 361 g/mol. The lowest BCUT2D eigenvalue weighted by molar-refractivity contribution is -0.122. The molecule has 1 atom stereocenters. The zero-order chi connectivity index (χ0) is 19.9. The van der Waals surface area contributed by atoms with Crippen LogP contribution in [-0.4, -0.2) is 54.0 Å². The maximum Gasteiger partial charge on any atom is 0.318 e. The number of anilines is 1. The first kappa shape index (κ1) is 19.6. The SMILES string of the molecule is C[C@@H](NC(=O)N1CCN(c2ccc(F)cc2)CC1)C(=O)NCc1ccccn1. The maximum atomic E-state index is 13.0. The molecule has 148 valence electrons. The second kappa shape index (κ2) is 9.16. The molecule has 2 N–H and O–H groups in total. The van der Waals surface area contributed by atoms with Gasteiger partial charge in [-0.2, -0.15) is 0 Å². The number of aromatic nitrogens is 1. The number of pyridine rings is 1. The molecule has 0 saturated carbocycles. The van der Waals surface area contributed by atoms with Crippen molar-refractivity contribution in [2.24, 2.45) is 0 Å². The van der Waals surface area contributed by atoms with Crippen LogP contribution in [0.1, 0.15) is 12.6 Å². The molecule has 1 aromatic carbocycles. The van der Waals surface area contributed by atoms with Crippen LogP contribution in [0.4, 0.5) is 14.9 Å². The topological polar surface area (TPSA) is 77.6 Å². The first-order chi connectivity index (χ1) is 13.5. The van der Waals surface area contributed by atoms with E-state index in [9.17, 15) is 14.0 Å². The number of nitrogens with one attached hydrogen (secondary N) is 2. The normalized spacial score (nSPS) is 15.1. The van der Waals surface area contributed by atoms with E-state index in [1.54, 1.807) is 30.2 Å². The fraction of sp³-hybridized carbons (Fsp3) is 0.350. The number of halogens is 1. The molecule has 1 fully saturated rings. The Labute approximate surface area is 163 Å². The Kier molecular flexibility index (Phi) is 6.41. The van der Waals surface area contributed by atoms with Gasteiger partial charge >= 0.3 is 6.03 Å².